The maximum absolute atomic E-state index is 13.1. The molecule has 0 heterocycles. The summed E-state index contributed by atoms with van der Waals surface area (Å²) in [6.07, 6.45) is -1.23. The van der Waals surface area contributed by atoms with Crippen molar-refractivity contribution < 1.29 is 22.7 Å². The molecule has 1 N–H and O–H groups in total. The largest absolute Gasteiger partial charge is 0.449 e. The van der Waals surface area contributed by atoms with E-state index in [-0.39, 0.29) is 32.7 Å². The van der Waals surface area contributed by atoms with Crippen molar-refractivity contribution in [2.24, 2.45) is 0 Å². The standard InChI is InChI=1S/C24H21Cl3N2O5S/c1-15(23(30)28-22-11-8-17(25)12-21(22)27)34-24(31)19-13-18(9-10-20(19)26)35(32,33)29(2)14-16-6-4-3-5-7-16/h3-13,15H,14H2,1-2H3,(H,28,30)/t15-/m1/s1. The number of hydrogen-bond acceptors (Lipinski definition) is 5. The second-order valence-electron chi connectivity index (χ2n) is 7.55. The van der Waals surface area contributed by atoms with Gasteiger partial charge in [-0.1, -0.05) is 65.1 Å². The fourth-order valence-corrected chi connectivity index (χ4v) is 4.87. The molecule has 0 aliphatic heterocycles. The molecule has 3 aromatic rings. The fraction of sp³-hybridized carbons (Fsp3) is 0.167. The first-order valence-corrected chi connectivity index (χ1v) is 12.8. The number of esters is 1. The first-order chi connectivity index (χ1) is 16.5. The molecule has 1 atom stereocenters. The van der Waals surface area contributed by atoms with E-state index in [1.54, 1.807) is 18.2 Å². The van der Waals surface area contributed by atoms with Crippen molar-refractivity contribution in [3.05, 3.63) is 92.9 Å². The number of sulfonamides is 1. The van der Waals surface area contributed by atoms with Crippen molar-refractivity contribution in [1.82, 2.24) is 4.31 Å². The maximum Gasteiger partial charge on any atom is 0.340 e. The number of halogens is 3. The van der Waals surface area contributed by atoms with Crippen LogP contribution in [-0.4, -0.2) is 37.8 Å². The minimum Gasteiger partial charge on any atom is -0.449 e. The molecule has 0 fully saturated rings. The minimum absolute atomic E-state index is 0.0204. The van der Waals surface area contributed by atoms with Gasteiger partial charge in [0.15, 0.2) is 6.10 Å². The SMILES string of the molecule is C[C@@H](OC(=O)c1cc(S(=O)(=O)N(C)Cc2ccccc2)ccc1Cl)C(=O)Nc1ccc(Cl)cc1Cl. The normalized spacial score (nSPS) is 12.3. The van der Waals surface area contributed by atoms with Crippen LogP contribution in [0.4, 0.5) is 5.69 Å². The average molecular weight is 556 g/mol. The molecule has 0 aliphatic rings. The lowest BCUT2D eigenvalue weighted by Gasteiger charge is -2.18. The van der Waals surface area contributed by atoms with E-state index < -0.39 is 28.0 Å². The van der Waals surface area contributed by atoms with Gasteiger partial charge in [-0.2, -0.15) is 4.31 Å². The highest BCUT2D eigenvalue weighted by atomic mass is 35.5. The minimum atomic E-state index is -3.94. The number of amides is 1. The highest BCUT2D eigenvalue weighted by Crippen LogP contribution is 2.27. The van der Waals surface area contributed by atoms with E-state index in [1.165, 1.54) is 38.2 Å². The average Bonchev–Trinajstić information content (AvgIpc) is 2.81. The molecule has 35 heavy (non-hydrogen) atoms. The summed E-state index contributed by atoms with van der Waals surface area (Å²) >= 11 is 18.0. The number of hydrogen-bond donors (Lipinski definition) is 1. The van der Waals surface area contributed by atoms with Crippen LogP contribution in [0.1, 0.15) is 22.8 Å². The molecule has 0 saturated heterocycles. The topological polar surface area (TPSA) is 92.8 Å². The Hall–Kier alpha value is -2.62. The number of anilines is 1. The Balaban J connectivity index is 1.74. The van der Waals surface area contributed by atoms with Crippen LogP contribution in [0.3, 0.4) is 0 Å². The molecule has 0 aliphatic carbocycles. The molecule has 3 rings (SSSR count). The van der Waals surface area contributed by atoms with Crippen LogP contribution < -0.4 is 5.32 Å². The molecule has 0 spiro atoms. The second-order valence-corrected chi connectivity index (χ2v) is 10.8. The molecule has 0 saturated carbocycles. The van der Waals surface area contributed by atoms with Gasteiger partial charge in [0.05, 0.1) is 26.2 Å². The molecule has 11 heteroatoms. The third kappa shape index (κ3) is 6.74. The highest BCUT2D eigenvalue weighted by Gasteiger charge is 2.26. The van der Waals surface area contributed by atoms with E-state index in [4.69, 9.17) is 39.5 Å². The van der Waals surface area contributed by atoms with Crippen molar-refractivity contribution in [1.29, 1.82) is 0 Å². The molecular formula is C24H21Cl3N2O5S. The Labute approximate surface area is 218 Å². The van der Waals surface area contributed by atoms with Gasteiger partial charge >= 0.3 is 5.97 Å². The first-order valence-electron chi connectivity index (χ1n) is 10.3. The monoisotopic (exact) mass is 554 g/mol. The van der Waals surface area contributed by atoms with Crippen LogP contribution in [0.2, 0.25) is 15.1 Å². The van der Waals surface area contributed by atoms with Gasteiger partial charge in [-0.3, -0.25) is 4.79 Å². The van der Waals surface area contributed by atoms with Gasteiger partial charge < -0.3 is 10.1 Å². The van der Waals surface area contributed by atoms with Crippen molar-refractivity contribution in [2.75, 3.05) is 12.4 Å². The van der Waals surface area contributed by atoms with E-state index in [0.717, 1.165) is 15.9 Å². The summed E-state index contributed by atoms with van der Waals surface area (Å²) < 4.78 is 32.5. The van der Waals surface area contributed by atoms with Crippen LogP contribution in [0.25, 0.3) is 0 Å². The Morgan fingerprint density at radius 1 is 0.971 bits per heavy atom. The van der Waals surface area contributed by atoms with Gasteiger partial charge in [0, 0.05) is 18.6 Å². The Kier molecular flexibility index (Phi) is 8.79. The second kappa shape index (κ2) is 11.4. The summed E-state index contributed by atoms with van der Waals surface area (Å²) in [6, 6.07) is 17.3. The number of carbonyl (C=O) groups excluding carboxylic acids is 2. The summed E-state index contributed by atoms with van der Waals surface area (Å²) in [7, 11) is -2.51. The molecule has 0 unspecified atom stereocenters. The van der Waals surface area contributed by atoms with E-state index in [9.17, 15) is 18.0 Å². The molecular weight excluding hydrogens is 535 g/mol. The van der Waals surface area contributed by atoms with Crippen molar-refractivity contribution in [2.45, 2.75) is 24.5 Å². The smallest absolute Gasteiger partial charge is 0.340 e. The van der Waals surface area contributed by atoms with Gasteiger partial charge in [0.2, 0.25) is 10.0 Å². The van der Waals surface area contributed by atoms with Crippen LogP contribution in [0, 0.1) is 0 Å². The fourth-order valence-electron chi connectivity index (χ4n) is 3.03. The molecule has 0 aromatic heterocycles. The van der Waals surface area contributed by atoms with Gasteiger partial charge in [-0.25, -0.2) is 13.2 Å². The Morgan fingerprint density at radius 2 is 1.66 bits per heavy atom. The number of benzene rings is 3. The summed E-state index contributed by atoms with van der Waals surface area (Å²) in [5, 5.41) is 3.13. The van der Waals surface area contributed by atoms with Crippen LogP contribution in [0.5, 0.6) is 0 Å². The van der Waals surface area contributed by atoms with E-state index >= 15 is 0 Å². The van der Waals surface area contributed by atoms with Crippen molar-refractivity contribution in [3.63, 3.8) is 0 Å². The van der Waals surface area contributed by atoms with Gasteiger partial charge in [-0.05, 0) is 48.9 Å². The van der Waals surface area contributed by atoms with Crippen LogP contribution >= 0.6 is 34.8 Å². The van der Waals surface area contributed by atoms with Crippen LogP contribution in [-0.2, 0) is 26.1 Å². The van der Waals surface area contributed by atoms with E-state index in [2.05, 4.69) is 5.32 Å². The summed E-state index contributed by atoms with van der Waals surface area (Å²) in [6.45, 7) is 1.50. The highest BCUT2D eigenvalue weighted by molar-refractivity contribution is 7.89. The number of nitrogens with one attached hydrogen (secondary N) is 1. The molecule has 184 valence electrons. The molecule has 1 amide bonds. The zero-order valence-corrected chi connectivity index (χ0v) is 21.8. The van der Waals surface area contributed by atoms with E-state index in [0.29, 0.717) is 5.02 Å². The first kappa shape index (κ1) is 27.0. The third-order valence-corrected chi connectivity index (χ3v) is 7.63. The number of rotatable bonds is 8. The molecule has 7 nitrogen and oxygen atoms in total. The predicted octanol–water partition coefficient (Wildman–Crippen LogP) is 5.65. The Morgan fingerprint density at radius 3 is 2.31 bits per heavy atom. The predicted molar refractivity (Wildman–Crippen MR) is 137 cm³/mol. The van der Waals surface area contributed by atoms with Crippen molar-refractivity contribution in [3.8, 4) is 0 Å². The number of carbonyl (C=O) groups is 2. The molecule has 0 bridgehead atoms. The zero-order chi connectivity index (χ0) is 25.8. The number of ether oxygens (including phenoxy) is 1. The van der Waals surface area contributed by atoms with E-state index in [1.807, 2.05) is 18.2 Å². The van der Waals surface area contributed by atoms with Gasteiger partial charge in [-0.15, -0.1) is 0 Å². The summed E-state index contributed by atoms with van der Waals surface area (Å²) in [4.78, 5) is 25.1. The third-order valence-electron chi connectivity index (χ3n) is 4.96. The molecule has 3 aromatic carbocycles. The maximum atomic E-state index is 13.1. The zero-order valence-electron chi connectivity index (χ0n) is 18.7. The lowest BCUT2D eigenvalue weighted by Crippen LogP contribution is -2.30. The van der Waals surface area contributed by atoms with Gasteiger partial charge in [0.25, 0.3) is 5.91 Å². The van der Waals surface area contributed by atoms with Crippen LogP contribution in [0.15, 0.2) is 71.6 Å². The lowest BCUT2D eigenvalue weighted by atomic mass is 10.2. The summed E-state index contributed by atoms with van der Waals surface area (Å²) in [5.74, 6) is -1.60. The van der Waals surface area contributed by atoms with Crippen molar-refractivity contribution >= 4 is 62.4 Å². The lowest BCUT2D eigenvalue weighted by molar-refractivity contribution is -0.123. The number of nitrogens with zero attached hydrogens (tertiary/aromatic N) is 1. The summed E-state index contributed by atoms with van der Waals surface area (Å²) in [5.41, 5.74) is 0.898. The Bertz CT molecular complexity index is 1350. The molecule has 0 radical (unpaired) electrons. The van der Waals surface area contributed by atoms with Gasteiger partial charge in [0.1, 0.15) is 0 Å². The quantitative estimate of drug-likeness (QED) is 0.363.